The van der Waals surface area contributed by atoms with E-state index in [0.29, 0.717) is 5.89 Å². The molecule has 0 spiro atoms. The Bertz CT molecular complexity index is 560. The van der Waals surface area contributed by atoms with E-state index in [2.05, 4.69) is 10.1 Å². The van der Waals surface area contributed by atoms with Crippen molar-refractivity contribution in [1.29, 1.82) is 0 Å². The number of rotatable bonds is 3. The van der Waals surface area contributed by atoms with E-state index in [0.717, 1.165) is 25.0 Å². The highest BCUT2D eigenvalue weighted by Crippen LogP contribution is 2.39. The molecule has 0 aliphatic heterocycles. The lowest BCUT2D eigenvalue weighted by Gasteiger charge is -2.09. The quantitative estimate of drug-likeness (QED) is 0.908. The van der Waals surface area contributed by atoms with Gasteiger partial charge in [-0.2, -0.15) is 4.98 Å². The molecule has 18 heavy (non-hydrogen) atoms. The van der Waals surface area contributed by atoms with Crippen LogP contribution in [0.1, 0.15) is 42.1 Å². The number of aromatic nitrogens is 2. The van der Waals surface area contributed by atoms with E-state index in [1.807, 2.05) is 0 Å². The summed E-state index contributed by atoms with van der Waals surface area (Å²) in [5, 5.41) is 3.69. The van der Waals surface area contributed by atoms with Crippen molar-refractivity contribution in [2.24, 2.45) is 5.73 Å². The maximum atomic E-state index is 13.6. The van der Waals surface area contributed by atoms with Crippen molar-refractivity contribution >= 4 is 0 Å². The second-order valence-electron chi connectivity index (χ2n) is 4.38. The lowest BCUT2D eigenvalue weighted by Crippen LogP contribution is -2.17. The number of nitrogens with zero attached hydrogens (tertiary/aromatic N) is 2. The minimum Gasteiger partial charge on any atom is -0.339 e. The van der Waals surface area contributed by atoms with Crippen LogP contribution in [0.5, 0.6) is 0 Å². The first kappa shape index (κ1) is 11.3. The van der Waals surface area contributed by atoms with Crippen molar-refractivity contribution in [3.63, 3.8) is 0 Å². The van der Waals surface area contributed by atoms with E-state index in [9.17, 15) is 8.78 Å². The van der Waals surface area contributed by atoms with E-state index in [-0.39, 0.29) is 17.3 Å². The second-order valence-corrected chi connectivity index (χ2v) is 4.38. The molecule has 2 N–H and O–H groups in total. The van der Waals surface area contributed by atoms with Gasteiger partial charge in [-0.1, -0.05) is 11.2 Å². The Morgan fingerprint density at radius 1 is 1.28 bits per heavy atom. The summed E-state index contributed by atoms with van der Waals surface area (Å²) in [6, 6.07) is 2.54. The van der Waals surface area contributed by atoms with Crippen molar-refractivity contribution in [2.75, 3.05) is 0 Å². The summed E-state index contributed by atoms with van der Waals surface area (Å²) in [5.74, 6) is -0.525. The van der Waals surface area contributed by atoms with Crippen LogP contribution in [0.2, 0.25) is 0 Å². The zero-order valence-electron chi connectivity index (χ0n) is 9.44. The predicted octanol–water partition coefficient (Wildman–Crippen LogP) is 2.27. The molecule has 94 valence electrons. The average Bonchev–Trinajstić information content (AvgIpc) is 3.07. The van der Waals surface area contributed by atoms with Gasteiger partial charge in [0.05, 0.1) is 6.04 Å². The summed E-state index contributed by atoms with van der Waals surface area (Å²) in [5.41, 5.74) is 5.55. The number of benzene rings is 1. The maximum Gasteiger partial charge on any atom is 0.229 e. The molecule has 1 aromatic heterocycles. The smallest absolute Gasteiger partial charge is 0.229 e. The first-order chi connectivity index (χ1) is 8.66. The van der Waals surface area contributed by atoms with Gasteiger partial charge in [-0.05, 0) is 25.0 Å². The lowest BCUT2D eigenvalue weighted by molar-refractivity contribution is 0.371. The van der Waals surface area contributed by atoms with Gasteiger partial charge >= 0.3 is 0 Å². The van der Waals surface area contributed by atoms with E-state index < -0.39 is 17.7 Å². The molecular formula is C12H11F2N3O. The minimum absolute atomic E-state index is 0.112. The van der Waals surface area contributed by atoms with Crippen LogP contribution < -0.4 is 5.73 Å². The summed E-state index contributed by atoms with van der Waals surface area (Å²) < 4.78 is 32.1. The summed E-state index contributed by atoms with van der Waals surface area (Å²) in [6.07, 6.45) is 2.01. The summed E-state index contributed by atoms with van der Waals surface area (Å²) >= 11 is 0. The molecule has 1 atom stereocenters. The van der Waals surface area contributed by atoms with Crippen LogP contribution in [0.3, 0.4) is 0 Å². The molecule has 4 nitrogen and oxygen atoms in total. The summed E-state index contributed by atoms with van der Waals surface area (Å²) in [7, 11) is 0. The van der Waals surface area contributed by atoms with Crippen LogP contribution in [0.15, 0.2) is 22.7 Å². The third-order valence-electron chi connectivity index (χ3n) is 2.97. The molecule has 0 amide bonds. The monoisotopic (exact) mass is 251 g/mol. The molecule has 1 unspecified atom stereocenters. The Labute approximate surface area is 102 Å². The van der Waals surface area contributed by atoms with Crippen LogP contribution in [0.25, 0.3) is 0 Å². The first-order valence-electron chi connectivity index (χ1n) is 5.70. The topological polar surface area (TPSA) is 64.9 Å². The van der Waals surface area contributed by atoms with Crippen molar-refractivity contribution in [3.8, 4) is 0 Å². The van der Waals surface area contributed by atoms with E-state index in [4.69, 9.17) is 10.3 Å². The highest BCUT2D eigenvalue weighted by atomic mass is 19.1. The van der Waals surface area contributed by atoms with Crippen molar-refractivity contribution < 1.29 is 13.3 Å². The fraction of sp³-hybridized carbons (Fsp3) is 0.333. The third-order valence-corrected chi connectivity index (χ3v) is 2.97. The van der Waals surface area contributed by atoms with Crippen LogP contribution >= 0.6 is 0 Å². The summed E-state index contributed by atoms with van der Waals surface area (Å²) in [4.78, 5) is 4.09. The normalized spacial score (nSPS) is 16.8. The number of nitrogens with two attached hydrogens (primary N) is 1. The highest BCUT2D eigenvalue weighted by Gasteiger charge is 2.31. The molecule has 0 saturated heterocycles. The van der Waals surface area contributed by atoms with Gasteiger partial charge < -0.3 is 10.3 Å². The van der Waals surface area contributed by atoms with Gasteiger partial charge in [-0.25, -0.2) is 8.78 Å². The van der Waals surface area contributed by atoms with Crippen LogP contribution in [-0.4, -0.2) is 10.1 Å². The zero-order valence-corrected chi connectivity index (χ0v) is 9.44. The van der Waals surface area contributed by atoms with Crippen LogP contribution in [-0.2, 0) is 0 Å². The Morgan fingerprint density at radius 2 is 1.94 bits per heavy atom. The van der Waals surface area contributed by atoms with Crippen molar-refractivity contribution in [1.82, 2.24) is 10.1 Å². The number of halogens is 2. The lowest BCUT2D eigenvalue weighted by atomic mass is 10.1. The molecular weight excluding hydrogens is 240 g/mol. The fourth-order valence-corrected chi connectivity index (χ4v) is 1.81. The molecule has 1 aliphatic rings. The van der Waals surface area contributed by atoms with Crippen molar-refractivity contribution in [3.05, 3.63) is 47.1 Å². The number of hydrogen-bond donors (Lipinski definition) is 1. The SMILES string of the molecule is NC(c1noc(C2CC2)n1)c1c(F)cccc1F. The molecule has 2 aromatic rings. The first-order valence-corrected chi connectivity index (χ1v) is 5.70. The van der Waals surface area contributed by atoms with Crippen molar-refractivity contribution in [2.45, 2.75) is 24.8 Å². The molecule has 1 saturated carbocycles. The zero-order chi connectivity index (χ0) is 12.7. The Hall–Kier alpha value is -1.82. The molecule has 0 radical (unpaired) electrons. The molecule has 1 heterocycles. The number of hydrogen-bond acceptors (Lipinski definition) is 4. The van der Waals surface area contributed by atoms with E-state index in [1.165, 1.54) is 6.07 Å². The maximum absolute atomic E-state index is 13.6. The van der Waals surface area contributed by atoms with Gasteiger partial charge in [-0.15, -0.1) is 0 Å². The average molecular weight is 251 g/mol. The fourth-order valence-electron chi connectivity index (χ4n) is 1.81. The van der Waals surface area contributed by atoms with Crippen LogP contribution in [0.4, 0.5) is 8.78 Å². The van der Waals surface area contributed by atoms with Crippen LogP contribution in [0, 0.1) is 11.6 Å². The van der Waals surface area contributed by atoms with Gasteiger partial charge in [0.1, 0.15) is 11.6 Å². The highest BCUT2D eigenvalue weighted by molar-refractivity contribution is 5.27. The molecule has 0 bridgehead atoms. The minimum atomic E-state index is -1.05. The Morgan fingerprint density at radius 3 is 2.56 bits per heavy atom. The third kappa shape index (κ3) is 1.88. The standard InChI is InChI=1S/C12H11F2N3O/c13-7-2-1-3-8(14)9(7)10(15)11-16-12(18-17-11)6-4-5-6/h1-3,6,10H,4-5,15H2. The van der Waals surface area contributed by atoms with Gasteiger partial charge in [0.2, 0.25) is 5.89 Å². The predicted molar refractivity (Wildman–Crippen MR) is 58.7 cm³/mol. The van der Waals surface area contributed by atoms with E-state index >= 15 is 0 Å². The Balaban J connectivity index is 1.94. The molecule has 3 rings (SSSR count). The second kappa shape index (κ2) is 4.13. The molecule has 1 fully saturated rings. The van der Waals surface area contributed by atoms with Gasteiger partial charge in [0, 0.05) is 11.5 Å². The Kier molecular flexibility index (Phi) is 2.59. The molecule has 6 heteroatoms. The molecule has 1 aromatic carbocycles. The molecule has 1 aliphatic carbocycles. The van der Waals surface area contributed by atoms with Gasteiger partial charge in [0.25, 0.3) is 0 Å². The summed E-state index contributed by atoms with van der Waals surface area (Å²) in [6.45, 7) is 0. The van der Waals surface area contributed by atoms with Gasteiger partial charge in [-0.3, -0.25) is 0 Å². The largest absolute Gasteiger partial charge is 0.339 e. The van der Waals surface area contributed by atoms with Gasteiger partial charge in [0.15, 0.2) is 5.82 Å². The van der Waals surface area contributed by atoms with E-state index in [1.54, 1.807) is 0 Å².